The van der Waals surface area contributed by atoms with Gasteiger partial charge in [0.25, 0.3) is 0 Å². The maximum absolute atomic E-state index is 11.0. The van der Waals surface area contributed by atoms with Gasteiger partial charge in [-0.15, -0.1) is 0 Å². The number of imidazole rings is 1. The number of carboxylic acid groups (broad SMARTS) is 1. The van der Waals surface area contributed by atoms with Crippen molar-refractivity contribution in [3.8, 4) is 0 Å². The number of rotatable bonds is 5. The smallest absolute Gasteiger partial charge is 0.335 e. The average Bonchev–Trinajstić information content (AvgIpc) is 2.66. The topological polar surface area (TPSA) is 55.1 Å². The lowest BCUT2D eigenvalue weighted by Crippen LogP contribution is -2.08. The van der Waals surface area contributed by atoms with Gasteiger partial charge in [-0.25, -0.2) is 9.78 Å². The zero-order valence-corrected chi connectivity index (χ0v) is 11.7. The van der Waals surface area contributed by atoms with Crippen molar-refractivity contribution in [2.45, 2.75) is 40.2 Å². The van der Waals surface area contributed by atoms with Crippen LogP contribution in [0.5, 0.6) is 0 Å². The lowest BCUT2D eigenvalue weighted by molar-refractivity contribution is 0.0697. The number of aromatic nitrogens is 2. The maximum Gasteiger partial charge on any atom is 0.335 e. The van der Waals surface area contributed by atoms with Crippen molar-refractivity contribution in [3.63, 3.8) is 0 Å². The minimum Gasteiger partial charge on any atom is -0.478 e. The van der Waals surface area contributed by atoms with Gasteiger partial charge < -0.3 is 9.67 Å². The second-order valence-corrected chi connectivity index (χ2v) is 5.29. The van der Waals surface area contributed by atoms with Crippen LogP contribution in [0.2, 0.25) is 0 Å². The first-order chi connectivity index (χ1) is 9.02. The Labute approximate surface area is 113 Å². The van der Waals surface area contributed by atoms with Crippen LogP contribution in [0, 0.1) is 5.92 Å². The highest BCUT2D eigenvalue weighted by atomic mass is 16.4. The van der Waals surface area contributed by atoms with Gasteiger partial charge >= 0.3 is 5.97 Å². The quantitative estimate of drug-likeness (QED) is 0.897. The van der Waals surface area contributed by atoms with Crippen molar-refractivity contribution in [3.05, 3.63) is 29.6 Å². The number of aromatic carboxylic acids is 1. The SMILES string of the molecule is CCCc1nc2cc(C(=O)O)ccc2n1CC(C)C. The van der Waals surface area contributed by atoms with E-state index < -0.39 is 5.97 Å². The van der Waals surface area contributed by atoms with Gasteiger partial charge in [-0.1, -0.05) is 20.8 Å². The van der Waals surface area contributed by atoms with Gasteiger partial charge in [0.1, 0.15) is 5.82 Å². The van der Waals surface area contributed by atoms with Gasteiger partial charge in [0.2, 0.25) is 0 Å². The van der Waals surface area contributed by atoms with E-state index in [-0.39, 0.29) is 0 Å². The predicted molar refractivity (Wildman–Crippen MR) is 75.5 cm³/mol. The first-order valence-electron chi connectivity index (χ1n) is 6.75. The lowest BCUT2D eigenvalue weighted by atomic mass is 10.2. The third-order valence-electron chi connectivity index (χ3n) is 3.10. The van der Waals surface area contributed by atoms with Gasteiger partial charge in [-0.3, -0.25) is 0 Å². The molecule has 0 fully saturated rings. The maximum atomic E-state index is 11.0. The van der Waals surface area contributed by atoms with Gasteiger partial charge in [-0.05, 0) is 30.5 Å². The predicted octanol–water partition coefficient (Wildman–Crippen LogP) is 3.34. The summed E-state index contributed by atoms with van der Waals surface area (Å²) in [4.78, 5) is 15.6. The molecule has 0 saturated heterocycles. The normalized spacial score (nSPS) is 11.4. The Morgan fingerprint density at radius 2 is 2.16 bits per heavy atom. The molecule has 1 aromatic carbocycles. The van der Waals surface area contributed by atoms with E-state index in [1.165, 1.54) is 0 Å². The fourth-order valence-electron chi connectivity index (χ4n) is 2.30. The number of nitrogens with zero attached hydrogens (tertiary/aromatic N) is 2. The fraction of sp³-hybridized carbons (Fsp3) is 0.467. The molecule has 19 heavy (non-hydrogen) atoms. The molecule has 0 atom stereocenters. The molecule has 0 saturated carbocycles. The summed E-state index contributed by atoms with van der Waals surface area (Å²) in [6, 6.07) is 5.18. The molecule has 0 bridgehead atoms. The van der Waals surface area contributed by atoms with E-state index in [4.69, 9.17) is 5.11 Å². The molecule has 0 spiro atoms. The van der Waals surface area contributed by atoms with Crippen LogP contribution in [-0.2, 0) is 13.0 Å². The molecule has 0 aliphatic heterocycles. The summed E-state index contributed by atoms with van der Waals surface area (Å²) < 4.78 is 2.22. The molecular weight excluding hydrogens is 240 g/mol. The molecule has 4 heteroatoms. The van der Waals surface area contributed by atoms with Crippen molar-refractivity contribution < 1.29 is 9.90 Å². The zero-order chi connectivity index (χ0) is 14.0. The van der Waals surface area contributed by atoms with E-state index in [0.29, 0.717) is 11.5 Å². The van der Waals surface area contributed by atoms with Gasteiger partial charge in [0.05, 0.1) is 16.6 Å². The van der Waals surface area contributed by atoms with Crippen LogP contribution < -0.4 is 0 Å². The van der Waals surface area contributed by atoms with E-state index in [2.05, 4.69) is 30.3 Å². The molecule has 2 rings (SSSR count). The molecular formula is C15H20N2O2. The highest BCUT2D eigenvalue weighted by molar-refractivity contribution is 5.92. The van der Waals surface area contributed by atoms with E-state index in [1.54, 1.807) is 12.1 Å². The standard InChI is InChI=1S/C15H20N2O2/c1-4-5-14-16-12-8-11(15(18)19)6-7-13(12)17(14)9-10(2)3/h6-8,10H,4-5,9H2,1-3H3,(H,18,19). The van der Waals surface area contributed by atoms with Crippen molar-refractivity contribution in [1.29, 1.82) is 0 Å². The Morgan fingerprint density at radius 3 is 2.74 bits per heavy atom. The molecule has 0 unspecified atom stereocenters. The minimum absolute atomic E-state index is 0.296. The Kier molecular flexibility index (Phi) is 3.88. The lowest BCUT2D eigenvalue weighted by Gasteiger charge is -2.11. The summed E-state index contributed by atoms with van der Waals surface area (Å²) in [5.41, 5.74) is 2.11. The van der Waals surface area contributed by atoms with E-state index >= 15 is 0 Å². The molecule has 0 aliphatic carbocycles. The molecule has 0 radical (unpaired) electrons. The van der Waals surface area contributed by atoms with E-state index in [9.17, 15) is 4.79 Å². The van der Waals surface area contributed by atoms with Crippen LogP contribution >= 0.6 is 0 Å². The minimum atomic E-state index is -0.905. The highest BCUT2D eigenvalue weighted by Gasteiger charge is 2.13. The largest absolute Gasteiger partial charge is 0.478 e. The molecule has 0 amide bonds. The third-order valence-corrected chi connectivity index (χ3v) is 3.10. The van der Waals surface area contributed by atoms with Crippen LogP contribution in [0.15, 0.2) is 18.2 Å². The van der Waals surface area contributed by atoms with Crippen LogP contribution in [-0.4, -0.2) is 20.6 Å². The Hall–Kier alpha value is -1.84. The Bertz CT molecular complexity index is 599. The van der Waals surface area contributed by atoms with Crippen molar-refractivity contribution in [2.75, 3.05) is 0 Å². The van der Waals surface area contributed by atoms with Crippen LogP contribution in [0.3, 0.4) is 0 Å². The first kappa shape index (κ1) is 13.6. The molecule has 2 aromatic rings. The molecule has 1 heterocycles. The van der Waals surface area contributed by atoms with Crippen LogP contribution in [0.4, 0.5) is 0 Å². The monoisotopic (exact) mass is 260 g/mol. The number of carbonyl (C=O) groups is 1. The van der Waals surface area contributed by atoms with E-state index in [1.807, 2.05) is 6.07 Å². The van der Waals surface area contributed by atoms with Crippen LogP contribution in [0.25, 0.3) is 11.0 Å². The summed E-state index contributed by atoms with van der Waals surface area (Å²) in [6.07, 6.45) is 1.96. The number of aryl methyl sites for hydroxylation is 1. The Balaban J connectivity index is 2.55. The number of fused-ring (bicyclic) bond motifs is 1. The summed E-state index contributed by atoms with van der Waals surface area (Å²) in [6.45, 7) is 7.39. The summed E-state index contributed by atoms with van der Waals surface area (Å²) >= 11 is 0. The van der Waals surface area contributed by atoms with E-state index in [0.717, 1.165) is 36.2 Å². The molecule has 4 nitrogen and oxygen atoms in total. The number of carboxylic acids is 1. The van der Waals surface area contributed by atoms with Crippen molar-refractivity contribution in [1.82, 2.24) is 9.55 Å². The average molecular weight is 260 g/mol. The van der Waals surface area contributed by atoms with Gasteiger partial charge in [0, 0.05) is 13.0 Å². The highest BCUT2D eigenvalue weighted by Crippen LogP contribution is 2.20. The Morgan fingerprint density at radius 1 is 1.42 bits per heavy atom. The number of hydrogen-bond donors (Lipinski definition) is 1. The van der Waals surface area contributed by atoms with Gasteiger partial charge in [0.15, 0.2) is 0 Å². The first-order valence-corrected chi connectivity index (χ1v) is 6.75. The summed E-state index contributed by atoms with van der Waals surface area (Å²) in [5.74, 6) is 0.679. The number of benzene rings is 1. The summed E-state index contributed by atoms with van der Waals surface area (Å²) in [5, 5.41) is 9.03. The van der Waals surface area contributed by atoms with Crippen molar-refractivity contribution >= 4 is 17.0 Å². The second kappa shape index (κ2) is 5.43. The van der Waals surface area contributed by atoms with Gasteiger partial charge in [-0.2, -0.15) is 0 Å². The summed E-state index contributed by atoms with van der Waals surface area (Å²) in [7, 11) is 0. The third kappa shape index (κ3) is 2.78. The molecule has 1 aromatic heterocycles. The molecule has 0 aliphatic rings. The van der Waals surface area contributed by atoms with Crippen LogP contribution in [0.1, 0.15) is 43.4 Å². The number of hydrogen-bond acceptors (Lipinski definition) is 2. The second-order valence-electron chi connectivity index (χ2n) is 5.29. The molecule has 1 N–H and O–H groups in total. The fourth-order valence-corrected chi connectivity index (χ4v) is 2.30. The van der Waals surface area contributed by atoms with Crippen molar-refractivity contribution in [2.24, 2.45) is 5.92 Å². The molecule has 102 valence electrons. The zero-order valence-electron chi connectivity index (χ0n) is 11.7.